The van der Waals surface area contributed by atoms with Crippen LogP contribution in [0, 0.1) is 0 Å². The number of H-pyrrole nitrogens is 1. The number of anilines is 1. The number of hydrogen-bond donors (Lipinski definition) is 2. The molecule has 0 saturated carbocycles. The van der Waals surface area contributed by atoms with Gasteiger partial charge in [0.05, 0.1) is 30.0 Å². The van der Waals surface area contributed by atoms with E-state index in [4.69, 9.17) is 16.3 Å². The number of nitrogens with one attached hydrogen (secondary N) is 2. The third-order valence-corrected chi connectivity index (χ3v) is 3.88. The van der Waals surface area contributed by atoms with Crippen molar-refractivity contribution in [1.82, 2.24) is 19.9 Å². The molecular formula is C17H13ClN6O. The molecule has 124 valence electrons. The summed E-state index contributed by atoms with van der Waals surface area (Å²) in [6.45, 7) is 0. The second kappa shape index (κ2) is 6.37. The Balaban J connectivity index is 1.89. The summed E-state index contributed by atoms with van der Waals surface area (Å²) < 4.78 is 5.23. The van der Waals surface area contributed by atoms with Gasteiger partial charge in [-0.1, -0.05) is 11.6 Å². The van der Waals surface area contributed by atoms with Gasteiger partial charge in [0.1, 0.15) is 11.3 Å². The Morgan fingerprint density at radius 2 is 2.12 bits per heavy atom. The number of fused-ring (bicyclic) bond motifs is 2. The van der Waals surface area contributed by atoms with Gasteiger partial charge in [-0.05, 0) is 24.3 Å². The van der Waals surface area contributed by atoms with E-state index in [0.717, 1.165) is 16.6 Å². The Kier molecular flexibility index (Phi) is 3.91. The summed E-state index contributed by atoms with van der Waals surface area (Å²) in [4.78, 5) is 16.2. The van der Waals surface area contributed by atoms with Gasteiger partial charge in [0, 0.05) is 28.9 Å². The molecule has 0 aliphatic carbocycles. The van der Waals surface area contributed by atoms with Gasteiger partial charge in [0.2, 0.25) is 5.88 Å². The Morgan fingerprint density at radius 1 is 1.20 bits per heavy atom. The summed E-state index contributed by atoms with van der Waals surface area (Å²) in [5.74, 6) is 1.14. The Morgan fingerprint density at radius 3 is 2.92 bits per heavy atom. The van der Waals surface area contributed by atoms with Crippen LogP contribution < -0.4 is 10.2 Å². The molecule has 7 nitrogen and oxygen atoms in total. The van der Waals surface area contributed by atoms with Crippen molar-refractivity contribution in [3.8, 4) is 5.88 Å². The number of aromatic nitrogens is 4. The number of hydrogen-bond acceptors (Lipinski definition) is 6. The highest BCUT2D eigenvalue weighted by Gasteiger charge is 2.11. The molecular weight excluding hydrogens is 340 g/mol. The average Bonchev–Trinajstić information content (AvgIpc) is 3.14. The van der Waals surface area contributed by atoms with Crippen LogP contribution in [0.3, 0.4) is 0 Å². The second-order valence-electron chi connectivity index (χ2n) is 5.21. The zero-order valence-corrected chi connectivity index (χ0v) is 13.9. The molecule has 0 unspecified atom stereocenters. The van der Waals surface area contributed by atoms with Crippen molar-refractivity contribution in [3.05, 3.63) is 53.6 Å². The smallest absolute Gasteiger partial charge is 0.213 e. The number of nitrogens with zero attached hydrogens (tertiary/aromatic N) is 4. The molecule has 3 aromatic heterocycles. The molecule has 0 spiro atoms. The highest BCUT2D eigenvalue weighted by molar-refractivity contribution is 6.31. The maximum absolute atomic E-state index is 6.10. The lowest BCUT2D eigenvalue weighted by molar-refractivity contribution is 0.399. The Labute approximate surface area is 147 Å². The van der Waals surface area contributed by atoms with Gasteiger partial charge in [-0.3, -0.25) is 5.43 Å². The number of benzene rings is 1. The number of imidazole rings is 1. The predicted molar refractivity (Wildman–Crippen MR) is 98.4 cm³/mol. The van der Waals surface area contributed by atoms with Gasteiger partial charge >= 0.3 is 0 Å². The molecule has 0 aliphatic heterocycles. The third kappa shape index (κ3) is 2.97. The Hall–Kier alpha value is -3.19. The largest absolute Gasteiger partial charge is 0.481 e. The first-order chi connectivity index (χ1) is 12.2. The lowest BCUT2D eigenvalue weighted by atomic mass is 10.1. The fourth-order valence-electron chi connectivity index (χ4n) is 2.51. The molecule has 0 saturated heterocycles. The van der Waals surface area contributed by atoms with Crippen LogP contribution in [0.25, 0.3) is 21.9 Å². The van der Waals surface area contributed by atoms with Crippen molar-refractivity contribution < 1.29 is 4.74 Å². The molecule has 1 aromatic carbocycles. The fourth-order valence-corrected chi connectivity index (χ4v) is 2.67. The van der Waals surface area contributed by atoms with E-state index in [0.29, 0.717) is 27.8 Å². The van der Waals surface area contributed by atoms with Crippen molar-refractivity contribution in [1.29, 1.82) is 0 Å². The van der Waals surface area contributed by atoms with Crippen LogP contribution in [0.2, 0.25) is 5.02 Å². The molecule has 0 radical (unpaired) electrons. The summed E-state index contributed by atoms with van der Waals surface area (Å²) in [6.07, 6.45) is 4.98. The highest BCUT2D eigenvalue weighted by Crippen LogP contribution is 2.32. The van der Waals surface area contributed by atoms with Crippen molar-refractivity contribution in [2.24, 2.45) is 5.10 Å². The van der Waals surface area contributed by atoms with Crippen molar-refractivity contribution in [2.75, 3.05) is 12.5 Å². The average molecular weight is 353 g/mol. The van der Waals surface area contributed by atoms with Crippen molar-refractivity contribution in [3.63, 3.8) is 0 Å². The lowest BCUT2D eigenvalue weighted by Crippen LogP contribution is -1.98. The van der Waals surface area contributed by atoms with Crippen molar-refractivity contribution in [2.45, 2.75) is 0 Å². The first-order valence-electron chi connectivity index (χ1n) is 7.47. The third-order valence-electron chi connectivity index (χ3n) is 3.65. The molecule has 4 rings (SSSR count). The van der Waals surface area contributed by atoms with E-state index >= 15 is 0 Å². The van der Waals surface area contributed by atoms with Crippen LogP contribution in [0.5, 0.6) is 5.88 Å². The lowest BCUT2D eigenvalue weighted by Gasteiger charge is -2.10. The van der Waals surface area contributed by atoms with Crippen LogP contribution in [0.15, 0.2) is 47.8 Å². The molecule has 0 bridgehead atoms. The molecule has 0 atom stereocenters. The molecule has 3 heterocycles. The van der Waals surface area contributed by atoms with E-state index in [-0.39, 0.29) is 0 Å². The first kappa shape index (κ1) is 15.3. The molecule has 8 heteroatoms. The number of methoxy groups -OCH3 is 1. The number of pyridine rings is 2. The van der Waals surface area contributed by atoms with E-state index < -0.39 is 0 Å². The van der Waals surface area contributed by atoms with Crippen LogP contribution in [0.1, 0.15) is 5.82 Å². The summed E-state index contributed by atoms with van der Waals surface area (Å²) in [5.41, 5.74) is 5.89. The standard InChI is InChI=1S/C17H13ClN6O/c1-25-15-5-4-12-17(23-15)16(24-21-9-14-19-6-7-20-14)11-3-2-10(18)8-13(11)22-12/h2-9H,1H3,(H,19,20)(H,22,24)/b21-9+. The van der Waals surface area contributed by atoms with Gasteiger partial charge < -0.3 is 9.72 Å². The minimum atomic E-state index is 0.501. The second-order valence-corrected chi connectivity index (χ2v) is 5.65. The normalized spacial score (nSPS) is 11.4. The van der Waals surface area contributed by atoms with Crippen LogP contribution in [-0.2, 0) is 0 Å². The zero-order valence-electron chi connectivity index (χ0n) is 13.2. The molecule has 25 heavy (non-hydrogen) atoms. The molecule has 0 amide bonds. The maximum Gasteiger partial charge on any atom is 0.213 e. The summed E-state index contributed by atoms with van der Waals surface area (Å²) >= 11 is 6.10. The van der Waals surface area contributed by atoms with E-state index in [2.05, 4.69) is 30.5 Å². The first-order valence-corrected chi connectivity index (χ1v) is 7.85. The number of halogens is 1. The monoisotopic (exact) mass is 352 g/mol. The highest BCUT2D eigenvalue weighted by atomic mass is 35.5. The SMILES string of the molecule is COc1ccc2nc3cc(Cl)ccc3c(N/N=C/c3ncc[nH]3)c2n1. The van der Waals surface area contributed by atoms with Gasteiger partial charge in [-0.2, -0.15) is 5.10 Å². The van der Waals surface area contributed by atoms with Crippen LogP contribution in [-0.4, -0.2) is 33.3 Å². The Bertz CT molecular complexity index is 1080. The van der Waals surface area contributed by atoms with Crippen LogP contribution in [0.4, 0.5) is 5.69 Å². The summed E-state index contributed by atoms with van der Waals surface area (Å²) in [7, 11) is 1.57. The molecule has 2 N–H and O–H groups in total. The number of hydrazone groups is 1. The van der Waals surface area contributed by atoms with Gasteiger partial charge in [0.15, 0.2) is 0 Å². The molecule has 0 fully saturated rings. The minimum absolute atomic E-state index is 0.501. The summed E-state index contributed by atoms with van der Waals surface area (Å²) in [5, 5.41) is 5.72. The van der Waals surface area contributed by atoms with E-state index in [1.54, 1.807) is 37.9 Å². The van der Waals surface area contributed by atoms with Gasteiger partial charge in [-0.15, -0.1) is 0 Å². The van der Waals surface area contributed by atoms with Gasteiger partial charge in [0.25, 0.3) is 0 Å². The van der Waals surface area contributed by atoms with Crippen LogP contribution >= 0.6 is 11.6 Å². The summed E-state index contributed by atoms with van der Waals surface area (Å²) in [6, 6.07) is 9.11. The quantitative estimate of drug-likeness (QED) is 0.333. The minimum Gasteiger partial charge on any atom is -0.481 e. The fraction of sp³-hybridized carbons (Fsp3) is 0.0588. The topological polar surface area (TPSA) is 88.1 Å². The van der Waals surface area contributed by atoms with E-state index in [1.165, 1.54) is 0 Å². The van der Waals surface area contributed by atoms with E-state index in [9.17, 15) is 0 Å². The predicted octanol–water partition coefficient (Wildman–Crippen LogP) is 3.61. The van der Waals surface area contributed by atoms with E-state index in [1.807, 2.05) is 18.2 Å². The number of aromatic amines is 1. The van der Waals surface area contributed by atoms with Crippen molar-refractivity contribution >= 4 is 45.4 Å². The zero-order chi connectivity index (χ0) is 17.2. The molecule has 4 aromatic rings. The number of ether oxygens (including phenoxy) is 1. The van der Waals surface area contributed by atoms with Gasteiger partial charge in [-0.25, -0.2) is 15.0 Å². The molecule has 0 aliphatic rings. The maximum atomic E-state index is 6.10. The number of rotatable bonds is 4.